The van der Waals surface area contributed by atoms with E-state index < -0.39 is 18.3 Å². The SMILES string of the molecule is O=C(CO)N[C@@H]1CN(Cc2ccc(C(F)(F)F)cc2)C[C@H]1C1CC1. The average molecular weight is 342 g/mol. The number of alkyl halides is 3. The highest BCUT2D eigenvalue weighted by molar-refractivity contribution is 5.77. The highest BCUT2D eigenvalue weighted by Crippen LogP contribution is 2.41. The van der Waals surface area contributed by atoms with Gasteiger partial charge < -0.3 is 10.4 Å². The predicted octanol–water partition coefficient (Wildman–Crippen LogP) is 2.02. The van der Waals surface area contributed by atoms with Crippen molar-refractivity contribution >= 4 is 5.91 Å². The molecular weight excluding hydrogens is 321 g/mol. The number of likely N-dealkylation sites (tertiary alicyclic amines) is 1. The normalized spacial score (nSPS) is 25.0. The largest absolute Gasteiger partial charge is 0.416 e. The van der Waals surface area contributed by atoms with E-state index in [-0.39, 0.29) is 11.9 Å². The number of halogens is 3. The Bertz CT molecular complexity index is 584. The lowest BCUT2D eigenvalue weighted by Crippen LogP contribution is -2.42. The van der Waals surface area contributed by atoms with E-state index in [0.29, 0.717) is 24.9 Å². The van der Waals surface area contributed by atoms with Gasteiger partial charge in [-0.25, -0.2) is 0 Å². The second-order valence-corrected chi connectivity index (χ2v) is 6.72. The van der Waals surface area contributed by atoms with Crippen molar-refractivity contribution in [2.45, 2.75) is 31.6 Å². The third-order valence-electron chi connectivity index (χ3n) is 4.85. The molecule has 0 aromatic heterocycles. The summed E-state index contributed by atoms with van der Waals surface area (Å²) in [5.74, 6) is 0.587. The maximum absolute atomic E-state index is 12.6. The Balaban J connectivity index is 1.62. The number of nitrogens with zero attached hydrogens (tertiary/aromatic N) is 1. The molecule has 1 saturated carbocycles. The first kappa shape index (κ1) is 17.2. The minimum Gasteiger partial charge on any atom is -0.387 e. The number of aliphatic hydroxyl groups excluding tert-OH is 1. The molecule has 0 unspecified atom stereocenters. The summed E-state index contributed by atoms with van der Waals surface area (Å²) in [7, 11) is 0. The summed E-state index contributed by atoms with van der Waals surface area (Å²) in [5, 5.41) is 11.8. The summed E-state index contributed by atoms with van der Waals surface area (Å²) in [6.07, 6.45) is -2.00. The molecule has 1 amide bonds. The molecule has 3 rings (SSSR count). The fourth-order valence-corrected chi connectivity index (χ4v) is 3.51. The van der Waals surface area contributed by atoms with Crippen LogP contribution in [0.4, 0.5) is 13.2 Å². The molecule has 0 spiro atoms. The van der Waals surface area contributed by atoms with E-state index in [1.807, 2.05) is 0 Å². The number of amides is 1. The molecule has 1 aromatic carbocycles. The van der Waals surface area contributed by atoms with E-state index in [9.17, 15) is 18.0 Å². The first-order chi connectivity index (χ1) is 11.4. The van der Waals surface area contributed by atoms with E-state index in [1.54, 1.807) is 0 Å². The van der Waals surface area contributed by atoms with Crippen molar-refractivity contribution in [2.75, 3.05) is 19.7 Å². The standard InChI is InChI=1S/C17H21F3N2O2/c18-17(19,20)13-5-1-11(2-6-13)7-22-8-14(12-3-4-12)15(9-22)21-16(24)10-23/h1-2,5-6,12,14-15,23H,3-4,7-10H2,(H,21,24)/t14-,15+/m0/s1. The minimum absolute atomic E-state index is 0.00611. The fraction of sp³-hybridized carbons (Fsp3) is 0.588. The summed E-state index contributed by atoms with van der Waals surface area (Å²) in [6.45, 7) is 1.52. The smallest absolute Gasteiger partial charge is 0.387 e. The van der Waals surface area contributed by atoms with Crippen LogP contribution in [0.25, 0.3) is 0 Å². The Morgan fingerprint density at radius 2 is 1.88 bits per heavy atom. The number of hydrogen-bond donors (Lipinski definition) is 2. The molecule has 2 aliphatic rings. The Labute approximate surface area is 138 Å². The van der Waals surface area contributed by atoms with Gasteiger partial charge in [-0.05, 0) is 42.4 Å². The van der Waals surface area contributed by atoms with E-state index >= 15 is 0 Å². The van der Waals surface area contributed by atoms with E-state index in [0.717, 1.165) is 37.1 Å². The zero-order valence-corrected chi connectivity index (χ0v) is 13.2. The van der Waals surface area contributed by atoms with Gasteiger partial charge in [0.1, 0.15) is 6.61 Å². The number of hydrogen-bond acceptors (Lipinski definition) is 3. The Morgan fingerprint density at radius 1 is 1.21 bits per heavy atom. The number of benzene rings is 1. The van der Waals surface area contributed by atoms with Crippen LogP contribution < -0.4 is 5.32 Å². The Kier molecular flexibility index (Phi) is 4.83. The summed E-state index contributed by atoms with van der Waals surface area (Å²) in [5.41, 5.74) is 0.184. The molecule has 0 bridgehead atoms. The molecule has 1 aromatic rings. The molecule has 2 fully saturated rings. The van der Waals surface area contributed by atoms with Crippen LogP contribution >= 0.6 is 0 Å². The summed E-state index contributed by atoms with van der Waals surface area (Å²) in [6, 6.07) is 5.24. The number of carbonyl (C=O) groups is 1. The van der Waals surface area contributed by atoms with Gasteiger partial charge in [-0.3, -0.25) is 9.69 Å². The van der Waals surface area contributed by atoms with Crippen LogP contribution in [0.5, 0.6) is 0 Å². The van der Waals surface area contributed by atoms with Crippen molar-refractivity contribution < 1.29 is 23.1 Å². The van der Waals surface area contributed by atoms with Gasteiger partial charge in [0.25, 0.3) is 0 Å². The zero-order chi connectivity index (χ0) is 17.3. The first-order valence-corrected chi connectivity index (χ1v) is 8.15. The fourth-order valence-electron chi connectivity index (χ4n) is 3.51. The van der Waals surface area contributed by atoms with E-state index in [1.165, 1.54) is 12.1 Å². The van der Waals surface area contributed by atoms with Crippen molar-refractivity contribution in [2.24, 2.45) is 11.8 Å². The number of carbonyl (C=O) groups excluding carboxylic acids is 1. The molecule has 2 atom stereocenters. The molecule has 2 N–H and O–H groups in total. The van der Waals surface area contributed by atoms with Gasteiger partial charge in [0.15, 0.2) is 0 Å². The molecule has 0 radical (unpaired) electrons. The average Bonchev–Trinajstić information content (AvgIpc) is 3.30. The van der Waals surface area contributed by atoms with E-state index in [2.05, 4.69) is 10.2 Å². The second-order valence-electron chi connectivity index (χ2n) is 6.72. The molecule has 4 nitrogen and oxygen atoms in total. The van der Waals surface area contributed by atoms with Crippen molar-refractivity contribution in [3.8, 4) is 0 Å². The monoisotopic (exact) mass is 342 g/mol. The quantitative estimate of drug-likeness (QED) is 0.861. The van der Waals surface area contributed by atoms with Crippen LogP contribution in [0.3, 0.4) is 0 Å². The molecule has 24 heavy (non-hydrogen) atoms. The van der Waals surface area contributed by atoms with Crippen molar-refractivity contribution in [3.05, 3.63) is 35.4 Å². The third-order valence-corrected chi connectivity index (χ3v) is 4.85. The maximum Gasteiger partial charge on any atom is 0.416 e. The summed E-state index contributed by atoms with van der Waals surface area (Å²) < 4.78 is 37.8. The van der Waals surface area contributed by atoms with Crippen LogP contribution in [0.1, 0.15) is 24.0 Å². The van der Waals surface area contributed by atoms with Crippen LogP contribution in [0, 0.1) is 11.8 Å². The second kappa shape index (κ2) is 6.72. The van der Waals surface area contributed by atoms with Crippen LogP contribution in [0.2, 0.25) is 0 Å². The molecule has 1 aliphatic heterocycles. The van der Waals surface area contributed by atoms with Gasteiger partial charge >= 0.3 is 6.18 Å². The number of nitrogens with one attached hydrogen (secondary N) is 1. The highest BCUT2D eigenvalue weighted by atomic mass is 19.4. The lowest BCUT2D eigenvalue weighted by molar-refractivity contribution is -0.137. The summed E-state index contributed by atoms with van der Waals surface area (Å²) >= 11 is 0. The molecule has 1 saturated heterocycles. The number of aliphatic hydroxyl groups is 1. The van der Waals surface area contributed by atoms with Gasteiger partial charge in [-0.2, -0.15) is 13.2 Å². The lowest BCUT2D eigenvalue weighted by atomic mass is 9.98. The van der Waals surface area contributed by atoms with Crippen molar-refractivity contribution in [1.82, 2.24) is 10.2 Å². The van der Waals surface area contributed by atoms with Crippen LogP contribution in [-0.2, 0) is 17.5 Å². The van der Waals surface area contributed by atoms with Gasteiger partial charge in [-0.15, -0.1) is 0 Å². The lowest BCUT2D eigenvalue weighted by Gasteiger charge is -2.18. The predicted molar refractivity (Wildman–Crippen MR) is 82.0 cm³/mol. The van der Waals surface area contributed by atoms with Crippen LogP contribution in [-0.4, -0.2) is 41.7 Å². The Hall–Kier alpha value is -1.60. The Morgan fingerprint density at radius 3 is 2.42 bits per heavy atom. The minimum atomic E-state index is -4.32. The molecule has 7 heteroatoms. The van der Waals surface area contributed by atoms with Gasteiger partial charge in [0.05, 0.1) is 5.56 Å². The third kappa shape index (κ3) is 4.08. The first-order valence-electron chi connectivity index (χ1n) is 8.15. The molecular formula is C17H21F3N2O2. The zero-order valence-electron chi connectivity index (χ0n) is 13.2. The number of rotatable bonds is 5. The highest BCUT2D eigenvalue weighted by Gasteiger charge is 2.42. The topological polar surface area (TPSA) is 52.6 Å². The molecule has 1 heterocycles. The van der Waals surface area contributed by atoms with Crippen molar-refractivity contribution in [1.29, 1.82) is 0 Å². The van der Waals surface area contributed by atoms with E-state index in [4.69, 9.17) is 5.11 Å². The molecule has 1 aliphatic carbocycles. The van der Waals surface area contributed by atoms with Crippen LogP contribution in [0.15, 0.2) is 24.3 Å². The molecule has 132 valence electrons. The van der Waals surface area contributed by atoms with Crippen molar-refractivity contribution in [3.63, 3.8) is 0 Å². The van der Waals surface area contributed by atoms with Gasteiger partial charge in [0, 0.05) is 25.7 Å². The van der Waals surface area contributed by atoms with Gasteiger partial charge in [-0.1, -0.05) is 12.1 Å². The van der Waals surface area contributed by atoms with Gasteiger partial charge in [0.2, 0.25) is 5.91 Å². The maximum atomic E-state index is 12.6. The summed E-state index contributed by atoms with van der Waals surface area (Å²) in [4.78, 5) is 13.6.